The van der Waals surface area contributed by atoms with Gasteiger partial charge in [-0.15, -0.1) is 0 Å². The number of hydrogen-bond acceptors (Lipinski definition) is 5. The van der Waals surface area contributed by atoms with Crippen LogP contribution in [0, 0.1) is 10.1 Å². The SMILES string of the molecule is O=C(N/N=C/c1ccc(-c2ccc([N+](=O)[O-])cc2)o1)Nc1cccc(Br)c1. The highest BCUT2D eigenvalue weighted by Crippen LogP contribution is 2.24. The number of nitrogens with one attached hydrogen (secondary N) is 2. The van der Waals surface area contributed by atoms with Crippen molar-refractivity contribution in [1.29, 1.82) is 0 Å². The molecule has 0 saturated carbocycles. The van der Waals surface area contributed by atoms with E-state index in [2.05, 4.69) is 31.8 Å². The number of carbonyl (C=O) groups is 1. The van der Waals surface area contributed by atoms with Gasteiger partial charge in [-0.05, 0) is 42.5 Å². The Morgan fingerprint density at radius 3 is 2.63 bits per heavy atom. The summed E-state index contributed by atoms with van der Waals surface area (Å²) in [6.45, 7) is 0. The van der Waals surface area contributed by atoms with Gasteiger partial charge in [-0.1, -0.05) is 22.0 Å². The lowest BCUT2D eigenvalue weighted by molar-refractivity contribution is -0.384. The third kappa shape index (κ3) is 5.02. The van der Waals surface area contributed by atoms with Crippen molar-refractivity contribution in [2.24, 2.45) is 5.10 Å². The van der Waals surface area contributed by atoms with Gasteiger partial charge in [-0.2, -0.15) is 5.10 Å². The molecule has 0 fully saturated rings. The fraction of sp³-hybridized carbons (Fsp3) is 0. The summed E-state index contributed by atoms with van der Waals surface area (Å²) in [6, 6.07) is 16.0. The molecular formula is C18H13BrN4O4. The molecule has 0 aliphatic rings. The standard InChI is InChI=1S/C18H13BrN4O4/c19-13-2-1-3-14(10-13)21-18(24)22-20-11-16-8-9-17(27-16)12-4-6-15(7-5-12)23(25)26/h1-11H,(H2,21,22,24)/b20-11+. The Morgan fingerprint density at radius 2 is 1.93 bits per heavy atom. The molecule has 1 heterocycles. The van der Waals surface area contributed by atoms with Crippen LogP contribution < -0.4 is 10.7 Å². The van der Waals surface area contributed by atoms with Gasteiger partial charge in [0, 0.05) is 27.9 Å². The number of nitro groups is 1. The molecule has 3 aromatic rings. The summed E-state index contributed by atoms with van der Waals surface area (Å²) in [4.78, 5) is 22.0. The minimum atomic E-state index is -0.494. The molecule has 0 aliphatic carbocycles. The Kier molecular flexibility index (Phi) is 5.62. The normalized spacial score (nSPS) is 10.7. The minimum Gasteiger partial charge on any atom is -0.455 e. The Labute approximate surface area is 162 Å². The molecule has 2 amide bonds. The number of benzene rings is 2. The lowest BCUT2D eigenvalue weighted by Gasteiger charge is -2.03. The Balaban J connectivity index is 1.58. The van der Waals surface area contributed by atoms with Gasteiger partial charge < -0.3 is 9.73 Å². The molecule has 0 atom stereocenters. The third-order valence-corrected chi connectivity index (χ3v) is 3.92. The summed E-state index contributed by atoms with van der Waals surface area (Å²) < 4.78 is 6.43. The number of urea groups is 1. The van der Waals surface area contributed by atoms with E-state index in [0.717, 1.165) is 4.47 Å². The fourth-order valence-electron chi connectivity index (χ4n) is 2.20. The molecule has 0 spiro atoms. The zero-order valence-corrected chi connectivity index (χ0v) is 15.3. The maximum Gasteiger partial charge on any atom is 0.339 e. The molecule has 9 heteroatoms. The van der Waals surface area contributed by atoms with Crippen LogP contribution >= 0.6 is 15.9 Å². The molecule has 0 unspecified atom stereocenters. The van der Waals surface area contributed by atoms with Crippen LogP contribution in [0.15, 0.2) is 74.7 Å². The smallest absolute Gasteiger partial charge is 0.339 e. The van der Waals surface area contributed by atoms with Gasteiger partial charge >= 0.3 is 6.03 Å². The third-order valence-electron chi connectivity index (χ3n) is 3.43. The fourth-order valence-corrected chi connectivity index (χ4v) is 2.60. The molecule has 0 radical (unpaired) electrons. The second-order valence-corrected chi connectivity index (χ2v) is 6.26. The average molecular weight is 429 g/mol. The first-order valence-corrected chi connectivity index (χ1v) is 8.51. The number of furan rings is 1. The number of carbonyl (C=O) groups excluding carboxylic acids is 1. The highest BCUT2D eigenvalue weighted by Gasteiger charge is 2.08. The van der Waals surface area contributed by atoms with Gasteiger partial charge in [0.2, 0.25) is 0 Å². The lowest BCUT2D eigenvalue weighted by Crippen LogP contribution is -2.24. The zero-order chi connectivity index (χ0) is 19.2. The largest absolute Gasteiger partial charge is 0.455 e. The number of nitro benzene ring substituents is 1. The molecule has 27 heavy (non-hydrogen) atoms. The quantitative estimate of drug-likeness (QED) is 0.346. The predicted molar refractivity (Wildman–Crippen MR) is 105 cm³/mol. The summed E-state index contributed by atoms with van der Waals surface area (Å²) in [6.07, 6.45) is 1.36. The first kappa shape index (κ1) is 18.3. The van der Waals surface area contributed by atoms with E-state index in [1.807, 2.05) is 6.07 Å². The summed E-state index contributed by atoms with van der Waals surface area (Å²) in [7, 11) is 0. The van der Waals surface area contributed by atoms with E-state index in [4.69, 9.17) is 4.42 Å². The van der Waals surface area contributed by atoms with E-state index in [1.54, 1.807) is 42.5 Å². The number of rotatable bonds is 5. The van der Waals surface area contributed by atoms with Crippen molar-refractivity contribution in [2.45, 2.75) is 0 Å². The van der Waals surface area contributed by atoms with Gasteiger partial charge in [-0.25, -0.2) is 10.2 Å². The van der Waals surface area contributed by atoms with E-state index in [0.29, 0.717) is 22.8 Å². The number of halogens is 1. The molecule has 3 rings (SSSR count). The van der Waals surface area contributed by atoms with Crippen LogP contribution in [0.25, 0.3) is 11.3 Å². The van der Waals surface area contributed by atoms with Crippen molar-refractivity contribution >= 4 is 39.6 Å². The molecule has 0 aliphatic heterocycles. The number of amides is 2. The molecule has 0 saturated heterocycles. The highest BCUT2D eigenvalue weighted by atomic mass is 79.9. The van der Waals surface area contributed by atoms with E-state index >= 15 is 0 Å². The van der Waals surface area contributed by atoms with Gasteiger partial charge in [0.15, 0.2) is 0 Å². The van der Waals surface area contributed by atoms with Gasteiger partial charge in [-0.3, -0.25) is 10.1 Å². The van der Waals surface area contributed by atoms with Crippen LogP contribution in [0.2, 0.25) is 0 Å². The summed E-state index contributed by atoms with van der Waals surface area (Å²) in [5.74, 6) is 0.955. The number of anilines is 1. The van der Waals surface area contributed by atoms with E-state index < -0.39 is 11.0 Å². The topological polar surface area (TPSA) is 110 Å². The average Bonchev–Trinajstić information content (AvgIpc) is 3.10. The van der Waals surface area contributed by atoms with Crippen LogP contribution in [0.1, 0.15) is 5.76 Å². The maximum atomic E-state index is 11.8. The zero-order valence-electron chi connectivity index (χ0n) is 13.8. The van der Waals surface area contributed by atoms with E-state index in [9.17, 15) is 14.9 Å². The van der Waals surface area contributed by atoms with Crippen LogP contribution in [0.5, 0.6) is 0 Å². The number of hydrazone groups is 1. The van der Waals surface area contributed by atoms with E-state index in [-0.39, 0.29) is 5.69 Å². The van der Waals surface area contributed by atoms with Gasteiger partial charge in [0.1, 0.15) is 11.5 Å². The summed E-state index contributed by atoms with van der Waals surface area (Å²) >= 11 is 3.32. The molecule has 0 bridgehead atoms. The summed E-state index contributed by atoms with van der Waals surface area (Å²) in [5, 5.41) is 17.1. The second kappa shape index (κ2) is 8.28. The van der Waals surface area contributed by atoms with Crippen molar-refractivity contribution < 1.29 is 14.1 Å². The molecule has 2 N–H and O–H groups in total. The van der Waals surface area contributed by atoms with Gasteiger partial charge in [0.25, 0.3) is 5.69 Å². The molecule has 8 nitrogen and oxygen atoms in total. The van der Waals surface area contributed by atoms with Gasteiger partial charge in [0.05, 0.1) is 11.1 Å². The Bertz CT molecular complexity index is 999. The highest BCUT2D eigenvalue weighted by molar-refractivity contribution is 9.10. The second-order valence-electron chi connectivity index (χ2n) is 5.34. The predicted octanol–water partition coefficient (Wildman–Crippen LogP) is 4.77. The molecular weight excluding hydrogens is 416 g/mol. The van der Waals surface area contributed by atoms with E-state index in [1.165, 1.54) is 18.3 Å². The Hall–Kier alpha value is -3.46. The van der Waals surface area contributed by atoms with Crippen molar-refractivity contribution in [3.05, 3.63) is 81.0 Å². The maximum absolute atomic E-state index is 11.8. The van der Waals surface area contributed by atoms with Crippen LogP contribution in [-0.2, 0) is 0 Å². The first-order valence-electron chi connectivity index (χ1n) is 7.71. The van der Waals surface area contributed by atoms with Crippen molar-refractivity contribution in [3.63, 3.8) is 0 Å². The molecule has 1 aromatic heterocycles. The van der Waals surface area contributed by atoms with Crippen LogP contribution in [0.3, 0.4) is 0 Å². The number of nitrogens with zero attached hydrogens (tertiary/aromatic N) is 2. The Morgan fingerprint density at radius 1 is 1.15 bits per heavy atom. The monoisotopic (exact) mass is 428 g/mol. The minimum absolute atomic E-state index is 0.00718. The van der Waals surface area contributed by atoms with Crippen LogP contribution in [0.4, 0.5) is 16.2 Å². The number of non-ortho nitro benzene ring substituents is 1. The first-order chi connectivity index (χ1) is 13.0. The van der Waals surface area contributed by atoms with Crippen molar-refractivity contribution in [1.82, 2.24) is 5.43 Å². The van der Waals surface area contributed by atoms with Crippen molar-refractivity contribution in [2.75, 3.05) is 5.32 Å². The van der Waals surface area contributed by atoms with Crippen molar-refractivity contribution in [3.8, 4) is 11.3 Å². The van der Waals surface area contributed by atoms with Crippen LogP contribution in [-0.4, -0.2) is 17.2 Å². The number of hydrogen-bond donors (Lipinski definition) is 2. The lowest BCUT2D eigenvalue weighted by atomic mass is 10.1. The summed E-state index contributed by atoms with van der Waals surface area (Å²) in [5.41, 5.74) is 3.66. The molecule has 136 valence electrons. The molecule has 2 aromatic carbocycles.